The second-order valence-corrected chi connectivity index (χ2v) is 8.78. The van der Waals surface area contributed by atoms with Gasteiger partial charge in [0, 0.05) is 48.8 Å². The van der Waals surface area contributed by atoms with Crippen molar-refractivity contribution in [2.24, 2.45) is 0 Å². The summed E-state index contributed by atoms with van der Waals surface area (Å²) in [5, 5.41) is 3.08. The number of aromatic nitrogens is 2. The second-order valence-electron chi connectivity index (χ2n) is 8.78. The topological polar surface area (TPSA) is 53.4 Å². The molecule has 1 aromatic heterocycles. The SMILES string of the molecule is Cc1cc(N2CCN(C)CC2)ccc1NC(=O)c1ccc2c(c1)nc(C)n2-c1ccccc1. The normalized spacial score (nSPS) is 14.6. The lowest BCUT2D eigenvalue weighted by atomic mass is 10.1. The fourth-order valence-electron chi connectivity index (χ4n) is 4.49. The number of imidazole rings is 1. The predicted octanol–water partition coefficient (Wildman–Crippen LogP) is 4.65. The second kappa shape index (κ2) is 8.71. The highest BCUT2D eigenvalue weighted by molar-refractivity contribution is 6.06. The number of aryl methyl sites for hydroxylation is 2. The van der Waals surface area contributed by atoms with Gasteiger partial charge in [-0.3, -0.25) is 9.36 Å². The zero-order chi connectivity index (χ0) is 22.9. The van der Waals surface area contributed by atoms with Crippen LogP contribution in [-0.2, 0) is 0 Å². The summed E-state index contributed by atoms with van der Waals surface area (Å²) in [6.45, 7) is 8.22. The monoisotopic (exact) mass is 439 g/mol. The average Bonchev–Trinajstić information content (AvgIpc) is 3.16. The molecule has 33 heavy (non-hydrogen) atoms. The number of rotatable bonds is 4. The Labute approximate surface area is 194 Å². The minimum Gasteiger partial charge on any atom is -0.369 e. The maximum Gasteiger partial charge on any atom is 0.255 e. The number of carbonyl (C=O) groups excluding carboxylic acids is 1. The molecule has 0 spiro atoms. The zero-order valence-corrected chi connectivity index (χ0v) is 19.4. The Kier molecular flexibility index (Phi) is 5.60. The molecule has 0 unspecified atom stereocenters. The highest BCUT2D eigenvalue weighted by atomic mass is 16.1. The first-order chi connectivity index (χ1) is 16.0. The van der Waals surface area contributed by atoms with E-state index in [9.17, 15) is 4.79 Å². The van der Waals surface area contributed by atoms with E-state index in [2.05, 4.69) is 51.0 Å². The number of para-hydroxylation sites is 1. The van der Waals surface area contributed by atoms with E-state index in [1.54, 1.807) is 0 Å². The quantitative estimate of drug-likeness (QED) is 0.503. The van der Waals surface area contributed by atoms with Crippen molar-refractivity contribution in [3.8, 4) is 5.69 Å². The number of hydrogen-bond donors (Lipinski definition) is 1. The van der Waals surface area contributed by atoms with Crippen LogP contribution < -0.4 is 10.2 Å². The fraction of sp³-hybridized carbons (Fsp3) is 0.259. The molecule has 0 saturated carbocycles. The number of carbonyl (C=O) groups is 1. The van der Waals surface area contributed by atoms with Crippen molar-refractivity contribution in [1.82, 2.24) is 14.5 Å². The van der Waals surface area contributed by atoms with Crippen LogP contribution in [0.1, 0.15) is 21.7 Å². The third kappa shape index (κ3) is 4.22. The van der Waals surface area contributed by atoms with Crippen molar-refractivity contribution >= 4 is 28.3 Å². The van der Waals surface area contributed by atoms with Crippen LogP contribution in [-0.4, -0.2) is 53.6 Å². The maximum atomic E-state index is 13.0. The third-order valence-corrected chi connectivity index (χ3v) is 6.43. The predicted molar refractivity (Wildman–Crippen MR) is 135 cm³/mol. The molecule has 5 rings (SSSR count). The largest absolute Gasteiger partial charge is 0.369 e. The molecule has 0 bridgehead atoms. The van der Waals surface area contributed by atoms with E-state index in [1.807, 2.05) is 56.3 Å². The number of hydrogen-bond acceptors (Lipinski definition) is 4. The molecule has 6 heteroatoms. The number of benzene rings is 3. The molecule has 168 valence electrons. The van der Waals surface area contributed by atoms with E-state index in [4.69, 9.17) is 4.98 Å². The molecule has 1 N–H and O–H groups in total. The summed E-state index contributed by atoms with van der Waals surface area (Å²) in [5.41, 5.74) is 6.57. The lowest BCUT2D eigenvalue weighted by Gasteiger charge is -2.34. The first-order valence-electron chi connectivity index (χ1n) is 11.4. The van der Waals surface area contributed by atoms with Gasteiger partial charge in [0.25, 0.3) is 5.91 Å². The molecule has 1 saturated heterocycles. The van der Waals surface area contributed by atoms with Crippen molar-refractivity contribution in [2.75, 3.05) is 43.4 Å². The summed E-state index contributed by atoms with van der Waals surface area (Å²) in [7, 11) is 2.16. The van der Waals surface area contributed by atoms with E-state index >= 15 is 0 Å². The van der Waals surface area contributed by atoms with E-state index in [0.29, 0.717) is 5.56 Å². The molecule has 1 amide bonds. The molecule has 1 aliphatic heterocycles. The van der Waals surface area contributed by atoms with E-state index in [-0.39, 0.29) is 5.91 Å². The van der Waals surface area contributed by atoms with E-state index < -0.39 is 0 Å². The summed E-state index contributed by atoms with van der Waals surface area (Å²) in [6, 6.07) is 22.1. The van der Waals surface area contributed by atoms with Gasteiger partial charge < -0.3 is 15.1 Å². The Morgan fingerprint density at radius 3 is 2.36 bits per heavy atom. The first-order valence-corrected chi connectivity index (χ1v) is 11.4. The fourth-order valence-corrected chi connectivity index (χ4v) is 4.49. The van der Waals surface area contributed by atoms with Gasteiger partial charge in [0.2, 0.25) is 0 Å². The van der Waals surface area contributed by atoms with Crippen molar-refractivity contribution in [1.29, 1.82) is 0 Å². The minimum absolute atomic E-state index is 0.126. The minimum atomic E-state index is -0.126. The maximum absolute atomic E-state index is 13.0. The van der Waals surface area contributed by atoms with Gasteiger partial charge in [-0.1, -0.05) is 18.2 Å². The Balaban J connectivity index is 1.36. The van der Waals surface area contributed by atoms with Gasteiger partial charge in [-0.2, -0.15) is 0 Å². The van der Waals surface area contributed by atoms with Crippen molar-refractivity contribution in [3.63, 3.8) is 0 Å². The first kappa shape index (κ1) is 21.2. The van der Waals surface area contributed by atoms with Crippen LogP contribution in [0.15, 0.2) is 66.7 Å². The van der Waals surface area contributed by atoms with Crippen LogP contribution in [0.25, 0.3) is 16.7 Å². The van der Waals surface area contributed by atoms with Crippen molar-refractivity contribution in [3.05, 3.63) is 83.7 Å². The van der Waals surface area contributed by atoms with Crippen LogP contribution >= 0.6 is 0 Å². The van der Waals surface area contributed by atoms with Crippen LogP contribution in [0.5, 0.6) is 0 Å². The highest BCUT2D eigenvalue weighted by Gasteiger charge is 2.16. The third-order valence-electron chi connectivity index (χ3n) is 6.43. The smallest absolute Gasteiger partial charge is 0.255 e. The number of amides is 1. The standard InChI is InChI=1S/C27H29N5O/c1-19-17-23(31-15-13-30(3)14-16-31)10-11-24(19)29-27(33)21-9-12-26-25(18-21)28-20(2)32(26)22-7-5-4-6-8-22/h4-12,17-18H,13-16H2,1-3H3,(H,29,33). The molecular weight excluding hydrogens is 410 g/mol. The Morgan fingerprint density at radius 2 is 1.64 bits per heavy atom. The Morgan fingerprint density at radius 1 is 0.879 bits per heavy atom. The van der Waals surface area contributed by atoms with Gasteiger partial charge in [0.1, 0.15) is 5.82 Å². The zero-order valence-electron chi connectivity index (χ0n) is 19.4. The molecule has 1 aliphatic rings. The summed E-state index contributed by atoms with van der Waals surface area (Å²) in [5.74, 6) is 0.767. The number of nitrogens with one attached hydrogen (secondary N) is 1. The lowest BCUT2D eigenvalue weighted by molar-refractivity contribution is 0.102. The van der Waals surface area contributed by atoms with Gasteiger partial charge in [-0.15, -0.1) is 0 Å². The molecule has 0 atom stereocenters. The number of anilines is 2. The van der Waals surface area contributed by atoms with E-state index in [1.165, 1.54) is 5.69 Å². The molecule has 0 aliphatic carbocycles. The summed E-state index contributed by atoms with van der Waals surface area (Å²) >= 11 is 0. The van der Waals surface area contributed by atoms with Gasteiger partial charge >= 0.3 is 0 Å². The molecular formula is C27H29N5O. The van der Waals surface area contributed by atoms with Gasteiger partial charge in [0.05, 0.1) is 11.0 Å². The highest BCUT2D eigenvalue weighted by Crippen LogP contribution is 2.26. The van der Waals surface area contributed by atoms with Crippen LogP contribution in [0.3, 0.4) is 0 Å². The average molecular weight is 440 g/mol. The lowest BCUT2D eigenvalue weighted by Crippen LogP contribution is -2.44. The summed E-state index contributed by atoms with van der Waals surface area (Å²) < 4.78 is 2.11. The van der Waals surface area contributed by atoms with Crippen LogP contribution in [0.2, 0.25) is 0 Å². The van der Waals surface area contributed by atoms with Gasteiger partial charge in [-0.25, -0.2) is 4.98 Å². The summed E-state index contributed by atoms with van der Waals surface area (Å²) in [6.07, 6.45) is 0. The Bertz CT molecular complexity index is 1300. The molecule has 2 heterocycles. The molecule has 3 aromatic carbocycles. The summed E-state index contributed by atoms with van der Waals surface area (Å²) in [4.78, 5) is 22.5. The van der Waals surface area contributed by atoms with Gasteiger partial charge in [-0.05, 0) is 75.0 Å². The molecule has 6 nitrogen and oxygen atoms in total. The van der Waals surface area contributed by atoms with Crippen molar-refractivity contribution < 1.29 is 4.79 Å². The van der Waals surface area contributed by atoms with Crippen LogP contribution in [0.4, 0.5) is 11.4 Å². The number of nitrogens with zero attached hydrogens (tertiary/aromatic N) is 4. The number of piperazine rings is 1. The van der Waals surface area contributed by atoms with E-state index in [0.717, 1.165) is 60.0 Å². The molecule has 0 radical (unpaired) electrons. The Hall–Kier alpha value is -3.64. The number of fused-ring (bicyclic) bond motifs is 1. The van der Waals surface area contributed by atoms with Crippen molar-refractivity contribution in [2.45, 2.75) is 13.8 Å². The molecule has 1 fully saturated rings. The molecule has 4 aromatic rings. The van der Waals surface area contributed by atoms with Crippen LogP contribution in [0, 0.1) is 13.8 Å². The van der Waals surface area contributed by atoms with Gasteiger partial charge in [0.15, 0.2) is 0 Å². The number of likely N-dealkylation sites (N-methyl/N-ethyl adjacent to an activating group) is 1.